The van der Waals surface area contributed by atoms with Crippen molar-refractivity contribution in [3.63, 3.8) is 0 Å². The topological polar surface area (TPSA) is 64.3 Å². The number of hydrogen-bond acceptors (Lipinski definition) is 3. The van der Waals surface area contributed by atoms with E-state index in [2.05, 4.69) is 5.32 Å². The standard InChI is InChI=1S/C12H22N2O2S/c1-16-9-5-6-10(15)14-12(11(13)17)7-3-2-4-8-12/h2-9H2,1H3,(H2,13,17)(H,14,15). The Morgan fingerprint density at radius 2 is 2.06 bits per heavy atom. The van der Waals surface area contributed by atoms with Crippen molar-refractivity contribution >= 4 is 23.1 Å². The maximum atomic E-state index is 11.8. The zero-order valence-electron chi connectivity index (χ0n) is 10.5. The second-order valence-corrected chi connectivity index (χ2v) is 5.09. The van der Waals surface area contributed by atoms with Gasteiger partial charge in [0, 0.05) is 20.1 Å². The lowest BCUT2D eigenvalue weighted by atomic mass is 9.81. The molecule has 4 nitrogen and oxygen atoms in total. The largest absolute Gasteiger partial charge is 0.391 e. The van der Waals surface area contributed by atoms with Crippen molar-refractivity contribution in [2.24, 2.45) is 5.73 Å². The lowest BCUT2D eigenvalue weighted by Crippen LogP contribution is -2.57. The summed E-state index contributed by atoms with van der Waals surface area (Å²) < 4.78 is 4.92. The van der Waals surface area contributed by atoms with E-state index in [1.54, 1.807) is 7.11 Å². The fourth-order valence-corrected chi connectivity index (χ4v) is 2.55. The second-order valence-electron chi connectivity index (χ2n) is 4.65. The number of ether oxygens (including phenoxy) is 1. The SMILES string of the molecule is COCCCC(=O)NC1(C(N)=S)CCCCC1. The Hall–Kier alpha value is -0.680. The van der Waals surface area contributed by atoms with Gasteiger partial charge in [0.15, 0.2) is 0 Å². The minimum atomic E-state index is -0.433. The van der Waals surface area contributed by atoms with Crippen LogP contribution in [0.4, 0.5) is 0 Å². The van der Waals surface area contributed by atoms with E-state index in [9.17, 15) is 4.79 Å². The first kappa shape index (κ1) is 14.4. The van der Waals surface area contributed by atoms with E-state index in [0.717, 1.165) is 32.1 Å². The van der Waals surface area contributed by atoms with Crippen molar-refractivity contribution in [3.8, 4) is 0 Å². The molecule has 1 rings (SSSR count). The van der Waals surface area contributed by atoms with Gasteiger partial charge in [0.05, 0.1) is 10.5 Å². The van der Waals surface area contributed by atoms with Crippen LogP contribution in [0.1, 0.15) is 44.9 Å². The van der Waals surface area contributed by atoms with E-state index in [1.165, 1.54) is 6.42 Å². The molecule has 1 saturated carbocycles. The Morgan fingerprint density at radius 1 is 1.41 bits per heavy atom. The number of nitrogens with two attached hydrogens (primary N) is 1. The highest BCUT2D eigenvalue weighted by molar-refractivity contribution is 7.80. The van der Waals surface area contributed by atoms with Crippen LogP contribution in [0.15, 0.2) is 0 Å². The molecule has 0 unspecified atom stereocenters. The minimum Gasteiger partial charge on any atom is -0.391 e. The van der Waals surface area contributed by atoms with Crippen LogP contribution in [0.5, 0.6) is 0 Å². The fraction of sp³-hybridized carbons (Fsp3) is 0.833. The maximum Gasteiger partial charge on any atom is 0.220 e. The molecule has 0 atom stereocenters. The molecule has 0 aromatic heterocycles. The quantitative estimate of drug-likeness (QED) is 0.560. The lowest BCUT2D eigenvalue weighted by Gasteiger charge is -2.37. The van der Waals surface area contributed by atoms with Crippen LogP contribution in [0.25, 0.3) is 0 Å². The van der Waals surface area contributed by atoms with Crippen LogP contribution >= 0.6 is 12.2 Å². The van der Waals surface area contributed by atoms with Gasteiger partial charge in [-0.2, -0.15) is 0 Å². The summed E-state index contributed by atoms with van der Waals surface area (Å²) in [6, 6.07) is 0. The summed E-state index contributed by atoms with van der Waals surface area (Å²) in [5.41, 5.74) is 5.36. The van der Waals surface area contributed by atoms with E-state index in [4.69, 9.17) is 22.7 Å². The summed E-state index contributed by atoms with van der Waals surface area (Å²) in [4.78, 5) is 12.2. The number of hydrogen-bond donors (Lipinski definition) is 2. The summed E-state index contributed by atoms with van der Waals surface area (Å²) in [5, 5.41) is 3.03. The zero-order valence-corrected chi connectivity index (χ0v) is 11.3. The van der Waals surface area contributed by atoms with Crippen molar-refractivity contribution in [1.82, 2.24) is 5.32 Å². The number of carbonyl (C=O) groups is 1. The zero-order chi connectivity index (χ0) is 12.7. The number of thiocarbonyl (C=S) groups is 1. The third-order valence-corrected chi connectivity index (χ3v) is 3.70. The van der Waals surface area contributed by atoms with Gasteiger partial charge >= 0.3 is 0 Å². The molecular weight excluding hydrogens is 236 g/mol. The first-order valence-electron chi connectivity index (χ1n) is 6.20. The maximum absolute atomic E-state index is 11.8. The van der Waals surface area contributed by atoms with Gasteiger partial charge in [0.1, 0.15) is 0 Å². The summed E-state index contributed by atoms with van der Waals surface area (Å²) in [7, 11) is 1.63. The smallest absolute Gasteiger partial charge is 0.220 e. The summed E-state index contributed by atoms with van der Waals surface area (Å²) in [6.07, 6.45) is 6.31. The molecule has 0 spiro atoms. The van der Waals surface area contributed by atoms with Gasteiger partial charge in [-0.1, -0.05) is 31.5 Å². The molecule has 0 aromatic carbocycles. The summed E-state index contributed by atoms with van der Waals surface area (Å²) >= 11 is 5.12. The highest BCUT2D eigenvalue weighted by Crippen LogP contribution is 2.28. The van der Waals surface area contributed by atoms with Crippen molar-refractivity contribution < 1.29 is 9.53 Å². The molecule has 3 N–H and O–H groups in total. The van der Waals surface area contributed by atoms with E-state index >= 15 is 0 Å². The Balaban J connectivity index is 2.48. The van der Waals surface area contributed by atoms with Crippen molar-refractivity contribution in [2.45, 2.75) is 50.5 Å². The van der Waals surface area contributed by atoms with Crippen LogP contribution in [0.3, 0.4) is 0 Å². The molecule has 1 fully saturated rings. The van der Waals surface area contributed by atoms with Crippen LogP contribution < -0.4 is 11.1 Å². The average Bonchev–Trinajstić information content (AvgIpc) is 2.30. The summed E-state index contributed by atoms with van der Waals surface area (Å²) in [5.74, 6) is 0.0248. The molecule has 98 valence electrons. The molecule has 1 aliphatic carbocycles. The number of rotatable bonds is 6. The fourth-order valence-electron chi connectivity index (χ4n) is 2.29. The molecule has 1 amide bonds. The molecule has 0 radical (unpaired) electrons. The molecule has 0 saturated heterocycles. The molecular formula is C12H22N2O2S. The van der Waals surface area contributed by atoms with Crippen molar-refractivity contribution in [1.29, 1.82) is 0 Å². The predicted octanol–water partition coefficient (Wildman–Crippen LogP) is 1.52. The van der Waals surface area contributed by atoms with E-state index < -0.39 is 5.54 Å². The molecule has 0 bridgehead atoms. The van der Waals surface area contributed by atoms with Crippen molar-refractivity contribution in [2.75, 3.05) is 13.7 Å². The normalized spacial score (nSPS) is 18.6. The Morgan fingerprint density at radius 3 is 2.59 bits per heavy atom. The van der Waals surface area contributed by atoms with Crippen molar-refractivity contribution in [3.05, 3.63) is 0 Å². The monoisotopic (exact) mass is 258 g/mol. The van der Waals surface area contributed by atoms with Gasteiger partial charge in [0.2, 0.25) is 5.91 Å². The van der Waals surface area contributed by atoms with E-state index in [-0.39, 0.29) is 5.91 Å². The second kappa shape index (κ2) is 6.91. The number of methoxy groups -OCH3 is 1. The Kier molecular flexibility index (Phi) is 5.85. The molecule has 5 heteroatoms. The first-order chi connectivity index (χ1) is 8.10. The van der Waals surface area contributed by atoms with Gasteiger partial charge in [-0.05, 0) is 19.3 Å². The van der Waals surface area contributed by atoms with Gasteiger partial charge < -0.3 is 15.8 Å². The predicted molar refractivity (Wildman–Crippen MR) is 71.9 cm³/mol. The number of nitrogens with one attached hydrogen (secondary N) is 1. The van der Waals surface area contributed by atoms with Gasteiger partial charge in [-0.15, -0.1) is 0 Å². The third kappa shape index (κ3) is 4.24. The molecule has 17 heavy (non-hydrogen) atoms. The van der Waals surface area contributed by atoms with Gasteiger partial charge in [0.25, 0.3) is 0 Å². The van der Waals surface area contributed by atoms with Crippen LogP contribution in [-0.2, 0) is 9.53 Å². The van der Waals surface area contributed by atoms with Crippen LogP contribution in [-0.4, -0.2) is 30.2 Å². The third-order valence-electron chi connectivity index (χ3n) is 3.31. The Labute approximate surface area is 108 Å². The van der Waals surface area contributed by atoms with Crippen LogP contribution in [0, 0.1) is 0 Å². The van der Waals surface area contributed by atoms with E-state index in [1.807, 2.05) is 0 Å². The van der Waals surface area contributed by atoms with Gasteiger partial charge in [-0.25, -0.2) is 0 Å². The lowest BCUT2D eigenvalue weighted by molar-refractivity contribution is -0.122. The molecule has 0 aliphatic heterocycles. The highest BCUT2D eigenvalue weighted by atomic mass is 32.1. The molecule has 0 heterocycles. The Bertz CT molecular complexity index is 276. The minimum absolute atomic E-state index is 0.0248. The molecule has 1 aliphatic rings. The highest BCUT2D eigenvalue weighted by Gasteiger charge is 2.36. The van der Waals surface area contributed by atoms with Crippen LogP contribution in [0.2, 0.25) is 0 Å². The van der Waals surface area contributed by atoms with Gasteiger partial charge in [-0.3, -0.25) is 4.79 Å². The molecule has 0 aromatic rings. The number of carbonyl (C=O) groups excluding carboxylic acids is 1. The number of amides is 1. The van der Waals surface area contributed by atoms with E-state index in [0.29, 0.717) is 18.0 Å². The summed E-state index contributed by atoms with van der Waals surface area (Å²) in [6.45, 7) is 0.605. The average molecular weight is 258 g/mol. The first-order valence-corrected chi connectivity index (χ1v) is 6.61.